The minimum absolute atomic E-state index is 0.113. The molecule has 0 heterocycles. The minimum atomic E-state index is 0.113. The number of rotatable bonds is 3. The molecule has 0 radical (unpaired) electrons. The summed E-state index contributed by atoms with van der Waals surface area (Å²) < 4.78 is 1.12. The number of halogens is 1. The predicted octanol–water partition coefficient (Wildman–Crippen LogP) is 4.69. The lowest BCUT2D eigenvalue weighted by Gasteiger charge is -2.45. The van der Waals surface area contributed by atoms with Crippen LogP contribution in [0.4, 0.5) is 5.69 Å². The van der Waals surface area contributed by atoms with Crippen LogP contribution in [0.3, 0.4) is 0 Å². The molecule has 3 rings (SSSR count). The normalized spacial score (nSPS) is 23.9. The highest BCUT2D eigenvalue weighted by molar-refractivity contribution is 9.10. The van der Waals surface area contributed by atoms with Gasteiger partial charge in [0.05, 0.1) is 0 Å². The monoisotopic (exact) mass is 336 g/mol. The van der Waals surface area contributed by atoms with E-state index in [9.17, 15) is 0 Å². The maximum atomic E-state index is 6.13. The van der Waals surface area contributed by atoms with E-state index in [1.807, 2.05) is 0 Å². The van der Waals surface area contributed by atoms with Crippen molar-refractivity contribution in [1.29, 1.82) is 0 Å². The van der Waals surface area contributed by atoms with Crippen LogP contribution in [0, 0.1) is 5.41 Å². The van der Waals surface area contributed by atoms with Crippen LogP contribution < -0.4 is 11.1 Å². The third-order valence-electron chi connectivity index (χ3n) is 5.58. The zero-order valence-electron chi connectivity index (χ0n) is 12.1. The Balaban J connectivity index is 1.68. The summed E-state index contributed by atoms with van der Waals surface area (Å²) in [5, 5.41) is 3.73. The van der Waals surface area contributed by atoms with Crippen molar-refractivity contribution in [3.63, 3.8) is 0 Å². The lowest BCUT2D eigenvalue weighted by atomic mass is 9.66. The molecule has 0 atom stereocenters. The van der Waals surface area contributed by atoms with Gasteiger partial charge in [0, 0.05) is 22.2 Å². The van der Waals surface area contributed by atoms with Gasteiger partial charge < -0.3 is 11.1 Å². The van der Waals surface area contributed by atoms with E-state index in [2.05, 4.69) is 45.5 Å². The molecule has 1 aromatic carbocycles. The summed E-state index contributed by atoms with van der Waals surface area (Å²) in [6.45, 7) is 0.735. The van der Waals surface area contributed by atoms with E-state index < -0.39 is 0 Å². The Morgan fingerprint density at radius 1 is 0.950 bits per heavy atom. The van der Waals surface area contributed by atoms with Crippen molar-refractivity contribution < 1.29 is 0 Å². The van der Waals surface area contributed by atoms with Crippen LogP contribution in [0.1, 0.15) is 51.4 Å². The Morgan fingerprint density at radius 2 is 1.55 bits per heavy atom. The van der Waals surface area contributed by atoms with Crippen LogP contribution in [0.15, 0.2) is 28.7 Å². The molecule has 1 spiro atoms. The third kappa shape index (κ3) is 2.89. The second-order valence-electron chi connectivity index (χ2n) is 6.82. The van der Waals surface area contributed by atoms with Gasteiger partial charge in [-0.05, 0) is 68.2 Å². The molecule has 3 N–H and O–H groups in total. The van der Waals surface area contributed by atoms with E-state index in [1.165, 1.54) is 57.1 Å². The van der Waals surface area contributed by atoms with Gasteiger partial charge in [-0.2, -0.15) is 0 Å². The van der Waals surface area contributed by atoms with E-state index in [-0.39, 0.29) is 5.54 Å². The van der Waals surface area contributed by atoms with Crippen LogP contribution in [-0.4, -0.2) is 12.1 Å². The number of anilines is 1. The molecular formula is C17H25BrN2. The number of hydrogen-bond acceptors (Lipinski definition) is 2. The number of hydrogen-bond donors (Lipinski definition) is 2. The fourth-order valence-electron chi connectivity index (χ4n) is 4.10. The van der Waals surface area contributed by atoms with Crippen molar-refractivity contribution >= 4 is 21.6 Å². The molecule has 0 bridgehead atoms. The van der Waals surface area contributed by atoms with Crippen LogP contribution in [0.2, 0.25) is 0 Å². The summed E-state index contributed by atoms with van der Waals surface area (Å²) in [6.07, 6.45) is 10.9. The molecule has 0 amide bonds. The Hall–Kier alpha value is -0.540. The van der Waals surface area contributed by atoms with E-state index in [1.54, 1.807) is 0 Å². The van der Waals surface area contributed by atoms with Gasteiger partial charge in [-0.25, -0.2) is 0 Å². The minimum Gasteiger partial charge on any atom is -0.378 e. The molecule has 2 aliphatic rings. The van der Waals surface area contributed by atoms with Crippen LogP contribution in [0.5, 0.6) is 0 Å². The fourth-order valence-corrected chi connectivity index (χ4v) is 4.37. The van der Waals surface area contributed by atoms with Gasteiger partial charge in [0.15, 0.2) is 0 Å². The van der Waals surface area contributed by atoms with E-state index in [0.717, 1.165) is 11.0 Å². The van der Waals surface area contributed by atoms with Crippen molar-refractivity contribution in [3.8, 4) is 0 Å². The smallest absolute Gasteiger partial charge is 0.0496 e. The number of nitrogens with two attached hydrogens (primary N) is 1. The van der Waals surface area contributed by atoms with Crippen LogP contribution in [0.25, 0.3) is 0 Å². The molecule has 2 nitrogen and oxygen atoms in total. The second kappa shape index (κ2) is 5.69. The molecular weight excluding hydrogens is 312 g/mol. The first-order valence-corrected chi connectivity index (χ1v) is 8.69. The zero-order valence-corrected chi connectivity index (χ0v) is 13.7. The molecule has 2 fully saturated rings. The molecule has 0 aromatic heterocycles. The molecule has 2 saturated carbocycles. The van der Waals surface area contributed by atoms with Gasteiger partial charge >= 0.3 is 0 Å². The Bertz CT molecular complexity index is 439. The van der Waals surface area contributed by atoms with E-state index >= 15 is 0 Å². The Kier molecular flexibility index (Phi) is 4.09. The molecule has 20 heavy (non-hydrogen) atoms. The molecule has 1 aromatic rings. The van der Waals surface area contributed by atoms with Crippen molar-refractivity contribution in [2.75, 3.05) is 11.9 Å². The van der Waals surface area contributed by atoms with Gasteiger partial charge in [-0.15, -0.1) is 0 Å². The summed E-state index contributed by atoms with van der Waals surface area (Å²) in [5.74, 6) is 0. The van der Waals surface area contributed by atoms with E-state index in [4.69, 9.17) is 5.73 Å². The second-order valence-corrected chi connectivity index (χ2v) is 7.74. The molecule has 0 saturated heterocycles. The molecule has 2 aliphatic carbocycles. The van der Waals surface area contributed by atoms with E-state index in [0.29, 0.717) is 5.41 Å². The SMILES string of the molecule is NCC1(Nc2ccc(Br)cc2)CCC2(CCCC2)CC1. The maximum Gasteiger partial charge on any atom is 0.0496 e. The zero-order chi connectivity index (χ0) is 14.1. The standard InChI is InChI=1S/C17H25BrN2/c18-14-3-5-15(6-4-14)20-17(13-19)11-9-16(10-12-17)7-1-2-8-16/h3-6,20H,1-2,7-13,19H2. The van der Waals surface area contributed by atoms with Gasteiger partial charge in [0.2, 0.25) is 0 Å². The highest BCUT2D eigenvalue weighted by Crippen LogP contribution is 2.51. The highest BCUT2D eigenvalue weighted by atomic mass is 79.9. The van der Waals surface area contributed by atoms with Crippen LogP contribution >= 0.6 is 15.9 Å². The predicted molar refractivity (Wildman–Crippen MR) is 88.9 cm³/mol. The summed E-state index contributed by atoms with van der Waals surface area (Å²) in [6, 6.07) is 8.46. The lowest BCUT2D eigenvalue weighted by Crippen LogP contribution is -2.49. The fraction of sp³-hybridized carbons (Fsp3) is 0.647. The van der Waals surface area contributed by atoms with Crippen molar-refractivity contribution in [2.24, 2.45) is 11.1 Å². The average Bonchev–Trinajstić information content (AvgIpc) is 2.93. The molecule has 0 aliphatic heterocycles. The Morgan fingerprint density at radius 3 is 2.10 bits per heavy atom. The average molecular weight is 337 g/mol. The summed E-state index contributed by atoms with van der Waals surface area (Å²) in [7, 11) is 0. The quantitative estimate of drug-likeness (QED) is 0.839. The highest BCUT2D eigenvalue weighted by Gasteiger charge is 2.43. The Labute approximate surface area is 130 Å². The summed E-state index contributed by atoms with van der Waals surface area (Å²) in [4.78, 5) is 0. The third-order valence-corrected chi connectivity index (χ3v) is 6.11. The van der Waals surface area contributed by atoms with Gasteiger partial charge in [-0.1, -0.05) is 28.8 Å². The van der Waals surface area contributed by atoms with Gasteiger partial charge in [-0.3, -0.25) is 0 Å². The van der Waals surface area contributed by atoms with Crippen molar-refractivity contribution in [1.82, 2.24) is 0 Å². The summed E-state index contributed by atoms with van der Waals surface area (Å²) in [5.41, 5.74) is 8.11. The summed E-state index contributed by atoms with van der Waals surface area (Å²) >= 11 is 3.49. The maximum absolute atomic E-state index is 6.13. The number of nitrogens with one attached hydrogen (secondary N) is 1. The molecule has 0 unspecified atom stereocenters. The lowest BCUT2D eigenvalue weighted by molar-refractivity contribution is 0.148. The molecule has 3 heteroatoms. The first-order chi connectivity index (χ1) is 9.65. The number of benzene rings is 1. The molecule has 110 valence electrons. The largest absolute Gasteiger partial charge is 0.378 e. The first kappa shape index (κ1) is 14.4. The van der Waals surface area contributed by atoms with Crippen LogP contribution in [-0.2, 0) is 0 Å². The van der Waals surface area contributed by atoms with Gasteiger partial charge in [0.25, 0.3) is 0 Å². The topological polar surface area (TPSA) is 38.0 Å². The van der Waals surface area contributed by atoms with Crippen molar-refractivity contribution in [2.45, 2.75) is 56.9 Å². The first-order valence-electron chi connectivity index (χ1n) is 7.89. The van der Waals surface area contributed by atoms with Crippen molar-refractivity contribution in [3.05, 3.63) is 28.7 Å². The van der Waals surface area contributed by atoms with Gasteiger partial charge in [0.1, 0.15) is 0 Å².